The van der Waals surface area contributed by atoms with Gasteiger partial charge in [0, 0.05) is 29.0 Å². The lowest BCUT2D eigenvalue weighted by Gasteiger charge is -2.09. The summed E-state index contributed by atoms with van der Waals surface area (Å²) in [6.45, 7) is 1.30. The molecule has 1 aromatic heterocycles. The van der Waals surface area contributed by atoms with E-state index in [9.17, 15) is 0 Å². The molecule has 2 rings (SSSR count). The van der Waals surface area contributed by atoms with Crippen molar-refractivity contribution in [2.75, 3.05) is 13.7 Å². The van der Waals surface area contributed by atoms with Crippen LogP contribution in [-0.2, 0) is 17.8 Å². The third-order valence-electron chi connectivity index (χ3n) is 3.00. The van der Waals surface area contributed by atoms with Gasteiger partial charge in [0.15, 0.2) is 0 Å². The SMILES string of the molecule is COc1ccc(Br)cc1COCCCc1ccncc1. The maximum Gasteiger partial charge on any atom is 0.124 e. The normalized spacial score (nSPS) is 10.5. The fraction of sp³-hybridized carbons (Fsp3) is 0.312. The standard InChI is InChI=1S/C16H18BrNO2/c1-19-16-5-4-15(17)11-14(16)12-20-10-2-3-13-6-8-18-9-7-13/h4-9,11H,2-3,10,12H2,1H3. The molecule has 106 valence electrons. The lowest BCUT2D eigenvalue weighted by molar-refractivity contribution is 0.117. The Morgan fingerprint density at radius 3 is 2.70 bits per heavy atom. The van der Waals surface area contributed by atoms with Crippen LogP contribution >= 0.6 is 15.9 Å². The van der Waals surface area contributed by atoms with Crippen molar-refractivity contribution in [2.24, 2.45) is 0 Å². The second kappa shape index (κ2) is 8.02. The number of ether oxygens (including phenoxy) is 2. The van der Waals surface area contributed by atoms with E-state index in [2.05, 4.69) is 20.9 Å². The summed E-state index contributed by atoms with van der Waals surface area (Å²) < 4.78 is 12.1. The van der Waals surface area contributed by atoms with Gasteiger partial charge in [0.2, 0.25) is 0 Å². The molecule has 0 bridgehead atoms. The number of benzene rings is 1. The highest BCUT2D eigenvalue weighted by atomic mass is 79.9. The van der Waals surface area contributed by atoms with Crippen molar-refractivity contribution in [3.05, 3.63) is 58.3 Å². The van der Waals surface area contributed by atoms with Crippen molar-refractivity contribution < 1.29 is 9.47 Å². The molecule has 0 unspecified atom stereocenters. The molecule has 3 nitrogen and oxygen atoms in total. The highest BCUT2D eigenvalue weighted by molar-refractivity contribution is 9.10. The molecule has 0 amide bonds. The average molecular weight is 336 g/mol. The Balaban J connectivity index is 1.75. The smallest absolute Gasteiger partial charge is 0.124 e. The Bertz CT molecular complexity index is 531. The summed E-state index contributed by atoms with van der Waals surface area (Å²) in [5, 5.41) is 0. The van der Waals surface area contributed by atoms with E-state index in [0.29, 0.717) is 6.61 Å². The minimum absolute atomic E-state index is 0.568. The van der Waals surface area contributed by atoms with Crippen LogP contribution in [0.15, 0.2) is 47.2 Å². The van der Waals surface area contributed by atoms with Crippen LogP contribution in [0.25, 0.3) is 0 Å². The summed E-state index contributed by atoms with van der Waals surface area (Å²) in [4.78, 5) is 4.01. The van der Waals surface area contributed by atoms with Gasteiger partial charge in [-0.1, -0.05) is 15.9 Å². The zero-order valence-electron chi connectivity index (χ0n) is 11.5. The summed E-state index contributed by atoms with van der Waals surface area (Å²) in [6.07, 6.45) is 5.66. The van der Waals surface area contributed by atoms with Crippen LogP contribution in [0, 0.1) is 0 Å². The molecule has 20 heavy (non-hydrogen) atoms. The van der Waals surface area contributed by atoms with Crippen LogP contribution in [0.1, 0.15) is 17.5 Å². The number of rotatable bonds is 7. The van der Waals surface area contributed by atoms with Crippen molar-refractivity contribution in [3.63, 3.8) is 0 Å². The summed E-state index contributed by atoms with van der Waals surface area (Å²) in [7, 11) is 1.68. The van der Waals surface area contributed by atoms with E-state index in [1.165, 1.54) is 5.56 Å². The maximum absolute atomic E-state index is 5.72. The fourth-order valence-corrected chi connectivity index (χ4v) is 2.38. The second-order valence-electron chi connectivity index (χ2n) is 4.47. The van der Waals surface area contributed by atoms with Gasteiger partial charge in [0.05, 0.1) is 13.7 Å². The fourth-order valence-electron chi connectivity index (χ4n) is 1.97. The first-order chi connectivity index (χ1) is 9.79. The number of nitrogens with zero attached hydrogens (tertiary/aromatic N) is 1. The zero-order chi connectivity index (χ0) is 14.2. The van der Waals surface area contributed by atoms with Gasteiger partial charge in [-0.2, -0.15) is 0 Å². The first-order valence-electron chi connectivity index (χ1n) is 6.58. The third kappa shape index (κ3) is 4.62. The number of pyridine rings is 1. The van der Waals surface area contributed by atoms with E-state index in [-0.39, 0.29) is 0 Å². The van der Waals surface area contributed by atoms with Crippen molar-refractivity contribution in [1.82, 2.24) is 4.98 Å². The van der Waals surface area contributed by atoms with Crippen molar-refractivity contribution in [2.45, 2.75) is 19.4 Å². The van der Waals surface area contributed by atoms with Gasteiger partial charge in [-0.15, -0.1) is 0 Å². The molecule has 1 heterocycles. The van der Waals surface area contributed by atoms with Gasteiger partial charge in [0.1, 0.15) is 5.75 Å². The number of methoxy groups -OCH3 is 1. The van der Waals surface area contributed by atoms with Gasteiger partial charge in [0.25, 0.3) is 0 Å². The van der Waals surface area contributed by atoms with Crippen molar-refractivity contribution >= 4 is 15.9 Å². The van der Waals surface area contributed by atoms with Gasteiger partial charge in [-0.3, -0.25) is 4.98 Å². The minimum Gasteiger partial charge on any atom is -0.496 e. The largest absolute Gasteiger partial charge is 0.496 e. The van der Waals surface area contributed by atoms with Crippen LogP contribution < -0.4 is 4.74 Å². The number of hydrogen-bond acceptors (Lipinski definition) is 3. The second-order valence-corrected chi connectivity index (χ2v) is 5.38. The van der Waals surface area contributed by atoms with E-state index in [0.717, 1.165) is 35.2 Å². The topological polar surface area (TPSA) is 31.4 Å². The molecular weight excluding hydrogens is 318 g/mol. The predicted octanol–water partition coefficient (Wildman–Crippen LogP) is 4.00. The van der Waals surface area contributed by atoms with E-state index in [1.54, 1.807) is 7.11 Å². The molecule has 4 heteroatoms. The predicted molar refractivity (Wildman–Crippen MR) is 82.9 cm³/mol. The third-order valence-corrected chi connectivity index (χ3v) is 3.50. The molecule has 0 aliphatic rings. The summed E-state index contributed by atoms with van der Waals surface area (Å²) >= 11 is 3.46. The Morgan fingerprint density at radius 2 is 1.95 bits per heavy atom. The molecule has 0 saturated carbocycles. The number of halogens is 1. The van der Waals surface area contributed by atoms with Crippen LogP contribution in [0.2, 0.25) is 0 Å². The Morgan fingerprint density at radius 1 is 1.15 bits per heavy atom. The summed E-state index contributed by atoms with van der Waals surface area (Å²) in [6, 6.07) is 10.0. The van der Waals surface area contributed by atoms with E-state index in [4.69, 9.17) is 9.47 Å². The zero-order valence-corrected chi connectivity index (χ0v) is 13.1. The van der Waals surface area contributed by atoms with Crippen molar-refractivity contribution in [3.8, 4) is 5.75 Å². The maximum atomic E-state index is 5.72. The molecule has 0 radical (unpaired) electrons. The first-order valence-corrected chi connectivity index (χ1v) is 7.38. The molecule has 0 fully saturated rings. The Labute approximate surface area is 128 Å². The van der Waals surface area contributed by atoms with Crippen LogP contribution in [0.5, 0.6) is 5.75 Å². The van der Waals surface area contributed by atoms with Gasteiger partial charge in [-0.05, 0) is 48.7 Å². The number of aryl methyl sites for hydroxylation is 1. The Hall–Kier alpha value is -1.39. The molecular formula is C16H18BrNO2. The Kier molecular flexibility index (Phi) is 6.02. The lowest BCUT2D eigenvalue weighted by atomic mass is 10.1. The molecule has 0 aliphatic carbocycles. The van der Waals surface area contributed by atoms with E-state index in [1.807, 2.05) is 42.7 Å². The molecule has 0 atom stereocenters. The number of aromatic nitrogens is 1. The quantitative estimate of drug-likeness (QED) is 0.716. The van der Waals surface area contributed by atoms with Crippen LogP contribution in [0.4, 0.5) is 0 Å². The van der Waals surface area contributed by atoms with Crippen molar-refractivity contribution in [1.29, 1.82) is 0 Å². The molecule has 1 aromatic carbocycles. The van der Waals surface area contributed by atoms with Gasteiger partial charge >= 0.3 is 0 Å². The minimum atomic E-state index is 0.568. The lowest BCUT2D eigenvalue weighted by Crippen LogP contribution is -1.99. The molecule has 0 aliphatic heterocycles. The van der Waals surface area contributed by atoms with Gasteiger partial charge < -0.3 is 9.47 Å². The van der Waals surface area contributed by atoms with Gasteiger partial charge in [-0.25, -0.2) is 0 Å². The summed E-state index contributed by atoms with van der Waals surface area (Å²) in [5.74, 6) is 0.863. The highest BCUT2D eigenvalue weighted by Gasteiger charge is 2.03. The summed E-state index contributed by atoms with van der Waals surface area (Å²) in [5.41, 5.74) is 2.36. The van der Waals surface area contributed by atoms with E-state index >= 15 is 0 Å². The van der Waals surface area contributed by atoms with Crippen LogP contribution in [-0.4, -0.2) is 18.7 Å². The molecule has 0 spiro atoms. The highest BCUT2D eigenvalue weighted by Crippen LogP contribution is 2.23. The van der Waals surface area contributed by atoms with E-state index < -0.39 is 0 Å². The monoisotopic (exact) mass is 335 g/mol. The van der Waals surface area contributed by atoms with Crippen LogP contribution in [0.3, 0.4) is 0 Å². The molecule has 0 N–H and O–H groups in total. The molecule has 2 aromatic rings. The average Bonchev–Trinajstić information content (AvgIpc) is 2.48. The number of hydrogen-bond donors (Lipinski definition) is 0. The molecule has 0 saturated heterocycles. The first kappa shape index (κ1) is 15.0.